The van der Waals surface area contributed by atoms with E-state index in [1.807, 2.05) is 60.7 Å². The van der Waals surface area contributed by atoms with Crippen LogP contribution in [0.3, 0.4) is 0 Å². The summed E-state index contributed by atoms with van der Waals surface area (Å²) in [5.41, 5.74) is 10.8. The predicted octanol–water partition coefficient (Wildman–Crippen LogP) is 11.3. The zero-order valence-corrected chi connectivity index (χ0v) is 26.6. The minimum atomic E-state index is 0.626. The van der Waals surface area contributed by atoms with Gasteiger partial charge < -0.3 is 4.57 Å². The third kappa shape index (κ3) is 5.26. The zero-order valence-electron chi connectivity index (χ0n) is 26.6. The fourth-order valence-electron chi connectivity index (χ4n) is 6.69. The molecule has 0 saturated carbocycles. The Morgan fingerprint density at radius 2 is 0.694 bits per heavy atom. The molecule has 0 radical (unpaired) electrons. The fraction of sp³-hybridized carbons (Fsp3) is 0. The van der Waals surface area contributed by atoms with Crippen LogP contribution in [0.15, 0.2) is 182 Å². The van der Waals surface area contributed by atoms with Crippen LogP contribution in [0, 0.1) is 0 Å². The molecule has 2 heterocycles. The first-order valence-corrected chi connectivity index (χ1v) is 16.5. The quantitative estimate of drug-likeness (QED) is 0.184. The minimum absolute atomic E-state index is 0.626. The topological polar surface area (TPSA) is 43.6 Å². The van der Waals surface area contributed by atoms with Crippen molar-refractivity contribution in [3.63, 3.8) is 0 Å². The van der Waals surface area contributed by atoms with Crippen LogP contribution in [0.2, 0.25) is 0 Å². The highest BCUT2D eigenvalue weighted by molar-refractivity contribution is 6.09. The highest BCUT2D eigenvalue weighted by Crippen LogP contribution is 2.38. The summed E-state index contributed by atoms with van der Waals surface area (Å²) in [6.07, 6.45) is 0. The molecule has 0 aliphatic rings. The third-order valence-electron chi connectivity index (χ3n) is 9.08. The van der Waals surface area contributed by atoms with Gasteiger partial charge in [-0.25, -0.2) is 15.0 Å². The van der Waals surface area contributed by atoms with Crippen LogP contribution in [-0.2, 0) is 0 Å². The van der Waals surface area contributed by atoms with Gasteiger partial charge in [0, 0.05) is 33.0 Å². The Morgan fingerprint density at radius 3 is 1.22 bits per heavy atom. The molecule has 0 atom stereocenters. The van der Waals surface area contributed by atoms with Gasteiger partial charge >= 0.3 is 0 Å². The highest BCUT2D eigenvalue weighted by Gasteiger charge is 2.19. The third-order valence-corrected chi connectivity index (χ3v) is 9.08. The standard InChI is InChI=1S/C45H30N4/c1-4-14-31(15-5-1)32-24-26-33(27-25-32)37-29-28-36(30-42(37)49-40-22-12-10-20-38(40)39-21-11-13-23-41(39)49)45-47-43(34-16-6-2-7-17-34)46-44(48-45)35-18-8-3-9-19-35/h1-30H. The number of hydrogen-bond donors (Lipinski definition) is 0. The molecule has 0 aliphatic carbocycles. The number of fused-ring (bicyclic) bond motifs is 3. The molecular weight excluding hydrogens is 597 g/mol. The molecule has 0 amide bonds. The van der Waals surface area contributed by atoms with Crippen molar-refractivity contribution in [3.8, 4) is 62.1 Å². The van der Waals surface area contributed by atoms with Gasteiger partial charge in [-0.2, -0.15) is 0 Å². The van der Waals surface area contributed by atoms with Crippen LogP contribution in [-0.4, -0.2) is 19.5 Å². The summed E-state index contributed by atoms with van der Waals surface area (Å²) < 4.78 is 2.38. The lowest BCUT2D eigenvalue weighted by atomic mass is 9.97. The van der Waals surface area contributed by atoms with Crippen molar-refractivity contribution in [3.05, 3.63) is 182 Å². The zero-order chi connectivity index (χ0) is 32.6. The Morgan fingerprint density at radius 1 is 0.306 bits per heavy atom. The number of rotatable bonds is 6. The first-order valence-electron chi connectivity index (χ1n) is 16.5. The van der Waals surface area contributed by atoms with Gasteiger partial charge in [-0.05, 0) is 34.9 Å². The van der Waals surface area contributed by atoms with E-state index in [0.29, 0.717) is 17.5 Å². The summed E-state index contributed by atoms with van der Waals surface area (Å²) in [5.74, 6) is 1.91. The second-order valence-electron chi connectivity index (χ2n) is 12.1. The Hall–Kier alpha value is -6.65. The molecule has 9 rings (SSSR count). The maximum Gasteiger partial charge on any atom is 0.164 e. The lowest BCUT2D eigenvalue weighted by Crippen LogP contribution is -2.02. The van der Waals surface area contributed by atoms with Gasteiger partial charge in [0.25, 0.3) is 0 Å². The Bertz CT molecular complexity index is 2460. The van der Waals surface area contributed by atoms with Gasteiger partial charge in [0.15, 0.2) is 17.5 Å². The van der Waals surface area contributed by atoms with E-state index in [-0.39, 0.29) is 0 Å². The number of hydrogen-bond acceptors (Lipinski definition) is 3. The first kappa shape index (κ1) is 28.6. The number of nitrogens with zero attached hydrogens (tertiary/aromatic N) is 4. The molecule has 0 fully saturated rings. The van der Waals surface area contributed by atoms with Crippen LogP contribution < -0.4 is 0 Å². The monoisotopic (exact) mass is 626 g/mol. The summed E-state index contributed by atoms with van der Waals surface area (Å²) in [6.45, 7) is 0. The van der Waals surface area contributed by atoms with Crippen molar-refractivity contribution >= 4 is 21.8 Å². The van der Waals surface area contributed by atoms with Crippen molar-refractivity contribution in [2.24, 2.45) is 0 Å². The molecule has 4 nitrogen and oxygen atoms in total. The molecule has 2 aromatic heterocycles. The minimum Gasteiger partial charge on any atom is -0.309 e. The van der Waals surface area contributed by atoms with Crippen LogP contribution in [0.25, 0.3) is 83.9 Å². The van der Waals surface area contributed by atoms with E-state index >= 15 is 0 Å². The normalized spacial score (nSPS) is 11.3. The molecule has 0 N–H and O–H groups in total. The second kappa shape index (κ2) is 12.2. The Labute approximate surface area is 284 Å². The Kier molecular flexibility index (Phi) is 7.10. The summed E-state index contributed by atoms with van der Waals surface area (Å²) in [5, 5.41) is 2.43. The molecule has 4 heteroatoms. The van der Waals surface area contributed by atoms with Crippen LogP contribution in [0.5, 0.6) is 0 Å². The van der Waals surface area contributed by atoms with Crippen LogP contribution >= 0.6 is 0 Å². The summed E-state index contributed by atoms with van der Waals surface area (Å²) in [6, 6.07) is 63.4. The van der Waals surface area contributed by atoms with Gasteiger partial charge in [-0.1, -0.05) is 164 Å². The smallest absolute Gasteiger partial charge is 0.164 e. The van der Waals surface area contributed by atoms with Gasteiger partial charge in [0.05, 0.1) is 16.7 Å². The summed E-state index contributed by atoms with van der Waals surface area (Å²) >= 11 is 0. The van der Waals surface area contributed by atoms with Crippen molar-refractivity contribution in [1.82, 2.24) is 19.5 Å². The molecule has 0 aliphatic heterocycles. The predicted molar refractivity (Wildman–Crippen MR) is 201 cm³/mol. The van der Waals surface area contributed by atoms with Crippen LogP contribution in [0.1, 0.15) is 0 Å². The summed E-state index contributed by atoms with van der Waals surface area (Å²) in [7, 11) is 0. The number of benzene rings is 7. The van der Waals surface area contributed by atoms with E-state index in [1.54, 1.807) is 0 Å². The maximum atomic E-state index is 5.06. The summed E-state index contributed by atoms with van der Waals surface area (Å²) in [4.78, 5) is 15.0. The molecule has 0 unspecified atom stereocenters. The molecule has 0 saturated heterocycles. The van der Waals surface area contributed by atoms with Crippen molar-refractivity contribution in [1.29, 1.82) is 0 Å². The van der Waals surface area contributed by atoms with E-state index in [4.69, 9.17) is 15.0 Å². The van der Waals surface area contributed by atoms with E-state index in [2.05, 4.69) is 126 Å². The van der Waals surface area contributed by atoms with E-state index in [0.717, 1.165) is 44.5 Å². The molecular formula is C45H30N4. The average molecular weight is 627 g/mol. The molecule has 0 spiro atoms. The second-order valence-corrected chi connectivity index (χ2v) is 12.1. The van der Waals surface area contributed by atoms with Crippen molar-refractivity contribution in [2.75, 3.05) is 0 Å². The highest BCUT2D eigenvalue weighted by atomic mass is 15.0. The van der Waals surface area contributed by atoms with Gasteiger partial charge in [-0.15, -0.1) is 0 Å². The maximum absolute atomic E-state index is 5.06. The van der Waals surface area contributed by atoms with Crippen molar-refractivity contribution < 1.29 is 0 Å². The molecule has 230 valence electrons. The van der Waals surface area contributed by atoms with E-state index < -0.39 is 0 Å². The lowest BCUT2D eigenvalue weighted by molar-refractivity contribution is 1.07. The van der Waals surface area contributed by atoms with Gasteiger partial charge in [-0.3, -0.25) is 0 Å². The lowest BCUT2D eigenvalue weighted by Gasteiger charge is -2.17. The van der Waals surface area contributed by atoms with Gasteiger partial charge in [0.2, 0.25) is 0 Å². The van der Waals surface area contributed by atoms with E-state index in [1.165, 1.54) is 21.9 Å². The Balaban J connectivity index is 1.28. The van der Waals surface area contributed by atoms with Gasteiger partial charge in [0.1, 0.15) is 0 Å². The number of para-hydroxylation sites is 2. The number of aromatic nitrogens is 4. The molecule has 7 aromatic carbocycles. The average Bonchev–Trinajstić information content (AvgIpc) is 3.53. The first-order chi connectivity index (χ1) is 24.3. The van der Waals surface area contributed by atoms with E-state index in [9.17, 15) is 0 Å². The molecule has 0 bridgehead atoms. The largest absolute Gasteiger partial charge is 0.309 e. The SMILES string of the molecule is c1ccc(-c2ccc(-c3ccc(-c4nc(-c5ccccc5)nc(-c5ccccc5)n4)cc3-n3c4ccccc4c4ccccc43)cc2)cc1. The molecule has 9 aromatic rings. The van der Waals surface area contributed by atoms with Crippen molar-refractivity contribution in [2.45, 2.75) is 0 Å². The molecule has 49 heavy (non-hydrogen) atoms. The van der Waals surface area contributed by atoms with Crippen LogP contribution in [0.4, 0.5) is 0 Å². The fourth-order valence-corrected chi connectivity index (χ4v) is 6.69.